The highest BCUT2D eigenvalue weighted by Gasteiger charge is 2.57. The van der Waals surface area contributed by atoms with Crippen LogP contribution in [0.2, 0.25) is 0 Å². The van der Waals surface area contributed by atoms with E-state index in [1.165, 1.54) is 24.7 Å². The van der Waals surface area contributed by atoms with E-state index in [4.69, 9.17) is 67.1 Å². The first-order valence-electron chi connectivity index (χ1n) is 30.0. The molecule has 2 saturated heterocycles. The van der Waals surface area contributed by atoms with Gasteiger partial charge in [0.2, 0.25) is 11.9 Å². The number of nitrogens with one attached hydrogen (secondary N) is 2. The average molecular weight is 1290 g/mol. The number of H-pyrrole nitrogens is 1. The van der Waals surface area contributed by atoms with Crippen LogP contribution in [0.3, 0.4) is 0 Å². The Balaban J connectivity index is 1.09. The number of alkyl halides is 1. The number of nitrogens with two attached hydrogens (primary N) is 1. The Morgan fingerprint density at radius 3 is 1.81 bits per heavy atom. The Morgan fingerprint density at radius 1 is 0.736 bits per heavy atom. The van der Waals surface area contributed by atoms with Gasteiger partial charge in [0.25, 0.3) is 5.56 Å². The number of ether oxygens (including phenoxy) is 12. The third kappa shape index (κ3) is 18.2. The van der Waals surface area contributed by atoms with E-state index in [-0.39, 0.29) is 88.2 Å². The number of Topliss-reactive ketones (excluding diaryl/α,β-unsaturated/α-hetero) is 1. The number of esters is 3. The quantitative estimate of drug-likeness (QED) is 0.0138. The van der Waals surface area contributed by atoms with Crippen molar-refractivity contribution in [3.63, 3.8) is 0 Å². The van der Waals surface area contributed by atoms with Crippen molar-refractivity contribution in [3.8, 4) is 11.5 Å². The maximum absolute atomic E-state index is 18.4. The normalized spacial score (nSPS) is 21.7. The summed E-state index contributed by atoms with van der Waals surface area (Å²) >= 11 is 0. The number of carbonyl (C=O) groups excluding carboxylic acids is 5. The van der Waals surface area contributed by atoms with Crippen LogP contribution in [-0.2, 0) is 81.5 Å². The van der Waals surface area contributed by atoms with Gasteiger partial charge in [-0.25, -0.2) is 9.37 Å². The summed E-state index contributed by atoms with van der Waals surface area (Å²) in [6.07, 6.45) is -11.5. The molecule has 7 rings (SSSR count). The van der Waals surface area contributed by atoms with Crippen LogP contribution < -0.4 is 26.1 Å². The van der Waals surface area contributed by atoms with E-state index in [9.17, 15) is 24.0 Å². The van der Waals surface area contributed by atoms with Crippen LogP contribution in [0.15, 0.2) is 90.0 Å². The van der Waals surface area contributed by atoms with Gasteiger partial charge in [0.05, 0.1) is 66.8 Å². The molecule has 0 saturated carbocycles. The van der Waals surface area contributed by atoms with Gasteiger partial charge in [-0.2, -0.15) is 4.98 Å². The molecule has 3 aromatic carbocycles. The summed E-state index contributed by atoms with van der Waals surface area (Å²) in [6.45, 7) is 16.6. The van der Waals surface area contributed by atoms with Crippen LogP contribution in [0.5, 0.6) is 11.5 Å². The second-order valence-electron chi connectivity index (χ2n) is 22.5. The molecule has 4 heterocycles. The molecule has 5 aromatic rings. The zero-order valence-electron chi connectivity index (χ0n) is 53.4. The lowest BCUT2D eigenvalue weighted by Gasteiger charge is -2.44. The van der Waals surface area contributed by atoms with Gasteiger partial charge in [0.1, 0.15) is 62.5 Å². The molecule has 2 fully saturated rings. The average Bonchev–Trinajstić information content (AvgIpc) is 1.73. The number of methoxy groups -OCH3 is 2. The van der Waals surface area contributed by atoms with Gasteiger partial charge in [-0.15, -0.1) is 0 Å². The number of ketones is 1. The number of aromatic nitrogens is 4. The van der Waals surface area contributed by atoms with Crippen LogP contribution in [0.25, 0.3) is 11.2 Å². The largest absolute Gasteiger partial charge is 0.497 e. The molecule has 498 valence electrons. The number of nitrogen functional groups attached to an aromatic ring is 1. The van der Waals surface area contributed by atoms with Crippen molar-refractivity contribution in [2.75, 3.05) is 79.0 Å². The molecule has 0 bridgehead atoms. The molecule has 28 heteroatoms. The summed E-state index contributed by atoms with van der Waals surface area (Å²) in [4.78, 5) is 88.0. The van der Waals surface area contributed by atoms with Gasteiger partial charge >= 0.3 is 17.9 Å². The van der Waals surface area contributed by atoms with Crippen LogP contribution in [0.4, 0.5) is 10.3 Å². The van der Waals surface area contributed by atoms with E-state index in [0.717, 1.165) is 13.8 Å². The number of nitrogens with zero attached hydrogens (tertiary/aromatic N) is 4. The molecule has 4 N–H and O–H groups in total. The van der Waals surface area contributed by atoms with Crippen molar-refractivity contribution in [1.29, 1.82) is 0 Å². The summed E-state index contributed by atoms with van der Waals surface area (Å²) in [7, 11) is 1.35. The topological polar surface area (TPSA) is 310 Å². The maximum Gasteiger partial charge on any atom is 0.303 e. The van der Waals surface area contributed by atoms with Gasteiger partial charge in [0, 0.05) is 51.9 Å². The smallest absolute Gasteiger partial charge is 0.303 e. The Labute approximate surface area is 529 Å². The van der Waals surface area contributed by atoms with E-state index >= 15 is 9.18 Å². The molecule has 0 spiro atoms. The number of rotatable bonds is 34. The molecule has 0 radical (unpaired) electrons. The van der Waals surface area contributed by atoms with E-state index in [1.807, 2.05) is 82.3 Å². The molecule has 2 unspecified atom stereocenters. The molecule has 2 aliphatic heterocycles. The van der Waals surface area contributed by atoms with E-state index in [2.05, 4.69) is 24.9 Å². The zero-order chi connectivity index (χ0) is 66.1. The number of hydrogen-bond acceptors (Lipinski definition) is 23. The Hall–Kier alpha value is -7.04. The third-order valence-corrected chi connectivity index (χ3v) is 17.4. The molecule has 0 aliphatic carbocycles. The number of carbonyl (C=O) groups is 5. The van der Waals surface area contributed by atoms with Gasteiger partial charge in [-0.1, -0.05) is 68.4 Å². The summed E-state index contributed by atoms with van der Waals surface area (Å²) in [5.41, 5.74) is 5.52. The summed E-state index contributed by atoms with van der Waals surface area (Å²) in [5.74, 6) is -2.81. The van der Waals surface area contributed by atoms with E-state index in [0.29, 0.717) is 28.2 Å². The number of imidazole rings is 1. The molecule has 2 aliphatic rings. The van der Waals surface area contributed by atoms with Crippen molar-refractivity contribution in [1.82, 2.24) is 29.5 Å². The molecule has 2 aromatic heterocycles. The summed E-state index contributed by atoms with van der Waals surface area (Å²) < 4.78 is 101. The van der Waals surface area contributed by atoms with Crippen LogP contribution in [0, 0.1) is 5.92 Å². The number of halogens is 1. The number of amides is 1. The fraction of sp³-hybridized carbons (Fsp3) is 0.556. The predicted molar refractivity (Wildman–Crippen MR) is 330 cm³/mol. The van der Waals surface area contributed by atoms with Crippen molar-refractivity contribution in [3.05, 3.63) is 112 Å². The standard InChI is InChI=1S/C63H85FN7O19P/c1-36(2)52(76)56(89-63(43-16-14-13-15-17-43,44-18-22-46(78-11)23-19-44)45-20-24-47(79-12)25-21-45)57-54(49(64)60(88-57)70-35-66-51-58(70)68-62(65)69-59(51)77)90-91(71(37(3)4)38(5)6)33-32-82-29-28-80-26-27-81-30-31-83-61-50(67-39(7)72)55(86-42(10)75)53(85-41(9)74)48(87-61)34-84-40(8)73/h13-25,35-38,48-50,53-57,60-61H,26-34H2,1-12H3,(H,67,72)(H3,65,68,69,77)/t48-,49-,50-,53+,54+,55-,56?,57+,60-,61-,91?/m1/s1. The Morgan fingerprint density at radius 2 is 1.29 bits per heavy atom. The molecule has 1 amide bonds. The first-order valence-corrected chi connectivity index (χ1v) is 31.4. The second kappa shape index (κ2) is 33.5. The lowest BCUT2D eigenvalue weighted by molar-refractivity contribution is -0.279. The fourth-order valence-corrected chi connectivity index (χ4v) is 13.3. The van der Waals surface area contributed by atoms with Crippen LogP contribution in [0.1, 0.15) is 92.2 Å². The number of benzene rings is 3. The minimum Gasteiger partial charge on any atom is -0.497 e. The zero-order valence-corrected chi connectivity index (χ0v) is 54.3. The van der Waals surface area contributed by atoms with E-state index in [1.54, 1.807) is 52.3 Å². The molecule has 11 atom stereocenters. The Bertz CT molecular complexity index is 3180. The lowest BCUT2D eigenvalue weighted by atomic mass is 9.79. The van der Waals surface area contributed by atoms with Gasteiger partial charge in [-0.05, 0) is 68.7 Å². The minimum absolute atomic E-state index is 0.0356. The molecule has 26 nitrogen and oxygen atoms in total. The number of hydrogen-bond donors (Lipinski definition) is 3. The number of aromatic amines is 1. The van der Waals surface area contributed by atoms with Crippen molar-refractivity contribution in [2.24, 2.45) is 5.92 Å². The predicted octanol–water partition coefficient (Wildman–Crippen LogP) is 6.10. The number of fused-ring (bicyclic) bond motifs is 1. The van der Waals surface area contributed by atoms with Gasteiger partial charge < -0.3 is 72.4 Å². The third-order valence-electron chi connectivity index (χ3n) is 14.9. The molecular formula is C63H85FN7O19P. The van der Waals surface area contributed by atoms with Gasteiger partial charge in [-0.3, -0.25) is 43.0 Å². The molecule has 91 heavy (non-hydrogen) atoms. The summed E-state index contributed by atoms with van der Waals surface area (Å²) in [6, 6.07) is 22.6. The highest BCUT2D eigenvalue weighted by Crippen LogP contribution is 2.52. The first-order chi connectivity index (χ1) is 43.5. The van der Waals surface area contributed by atoms with Crippen molar-refractivity contribution >= 4 is 55.0 Å². The maximum atomic E-state index is 18.4. The monoisotopic (exact) mass is 1290 g/mol. The van der Waals surface area contributed by atoms with Crippen LogP contribution in [-0.4, -0.2) is 194 Å². The lowest BCUT2D eigenvalue weighted by Crippen LogP contribution is -2.66. The van der Waals surface area contributed by atoms with Crippen molar-refractivity contribution in [2.45, 2.75) is 148 Å². The summed E-state index contributed by atoms with van der Waals surface area (Å²) in [5, 5.41) is 2.65. The fourth-order valence-electron chi connectivity index (χ4n) is 11.0. The van der Waals surface area contributed by atoms with Gasteiger partial charge in [0.15, 0.2) is 47.8 Å². The first kappa shape index (κ1) is 71.4. The minimum atomic E-state index is -2.04. The second-order valence-corrected chi connectivity index (χ2v) is 24.3. The SMILES string of the molecule is COc1ccc(C(OC(C(=O)C(C)C)[C@H]2O[C@@H](n3cnc4c(=O)[nH]c(N)nc43)[C@H](F)[C@@H]2OP(CCOCCOCCOCCO[C@@H]2O[C@H](COC(C)=O)[C@H](OC(C)=O)[C@H](OC(C)=O)[C@H]2NC(C)=O)N(C(C)C)C(C)C)(c2ccccc2)c2ccc(OC)cc2)cc1. The number of anilines is 1. The highest BCUT2D eigenvalue weighted by molar-refractivity contribution is 7.50. The highest BCUT2D eigenvalue weighted by atomic mass is 31.2. The van der Waals surface area contributed by atoms with E-state index < -0.39 is 116 Å². The Kier molecular flexibility index (Phi) is 26.3. The van der Waals surface area contributed by atoms with Crippen LogP contribution >= 0.6 is 8.30 Å². The molecular weight excluding hydrogens is 1210 g/mol. The van der Waals surface area contributed by atoms with Crippen molar-refractivity contribution < 1.29 is 89.7 Å².